The molecule has 32 heavy (non-hydrogen) atoms. The molecule has 2 aromatic rings. The number of rotatable bonds is 6. The molecule has 0 spiro atoms. The molecule has 0 radical (unpaired) electrons. The summed E-state index contributed by atoms with van der Waals surface area (Å²) in [5, 5.41) is 7.89. The van der Waals surface area contributed by atoms with Gasteiger partial charge < -0.3 is 24.8 Å². The number of methoxy groups -OCH3 is 3. The Morgan fingerprint density at radius 1 is 0.938 bits per heavy atom. The standard InChI is InChI=1S/C21H24N4O6S/c1-5-18(26)22-17-12-15(32-14-8-6-7-13(11-14)29-2)9-10-16(17)23-19(24-20(27)30-3)25-21(28)31-4/h6-12H,5H2,1-4H3,(H,22,26)(H2,23,24,25,27,28). The van der Waals surface area contributed by atoms with Gasteiger partial charge in [-0.2, -0.15) is 0 Å². The summed E-state index contributed by atoms with van der Waals surface area (Å²) in [6.45, 7) is 1.72. The van der Waals surface area contributed by atoms with Gasteiger partial charge in [-0.3, -0.25) is 10.1 Å². The topological polar surface area (TPSA) is 127 Å². The largest absolute Gasteiger partial charge is 0.497 e. The number of anilines is 2. The van der Waals surface area contributed by atoms with Gasteiger partial charge in [-0.25, -0.2) is 9.59 Å². The van der Waals surface area contributed by atoms with Gasteiger partial charge in [-0.1, -0.05) is 24.8 Å². The van der Waals surface area contributed by atoms with Crippen LogP contribution in [0.25, 0.3) is 0 Å². The van der Waals surface area contributed by atoms with Gasteiger partial charge in [0.2, 0.25) is 11.9 Å². The fourth-order valence-electron chi connectivity index (χ4n) is 2.34. The lowest BCUT2D eigenvalue weighted by Gasteiger charge is -2.16. The van der Waals surface area contributed by atoms with Crippen molar-refractivity contribution >= 4 is 47.2 Å². The van der Waals surface area contributed by atoms with Gasteiger partial charge in [-0.05, 0) is 36.4 Å². The lowest BCUT2D eigenvalue weighted by Crippen LogP contribution is -2.36. The fraction of sp³-hybridized carbons (Fsp3) is 0.238. The number of carbonyl (C=O) groups excluding carboxylic acids is 3. The Hall–Kier alpha value is -3.73. The van der Waals surface area contributed by atoms with Crippen molar-refractivity contribution in [2.75, 3.05) is 32.0 Å². The summed E-state index contributed by atoms with van der Waals surface area (Å²) in [6.07, 6.45) is -1.52. The van der Waals surface area contributed by atoms with E-state index in [0.29, 0.717) is 11.4 Å². The van der Waals surface area contributed by atoms with Crippen LogP contribution in [0.15, 0.2) is 57.2 Å². The van der Waals surface area contributed by atoms with Crippen LogP contribution >= 0.6 is 11.8 Å². The molecule has 0 aromatic heterocycles. The van der Waals surface area contributed by atoms with Crippen LogP contribution in [0.5, 0.6) is 5.75 Å². The molecule has 11 heteroatoms. The molecule has 3 N–H and O–H groups in total. The Labute approximate surface area is 189 Å². The molecule has 0 aliphatic heterocycles. The molecule has 170 valence electrons. The zero-order chi connectivity index (χ0) is 23.5. The van der Waals surface area contributed by atoms with Gasteiger partial charge in [0.1, 0.15) is 5.75 Å². The number of benzene rings is 2. The van der Waals surface area contributed by atoms with Gasteiger partial charge in [-0.15, -0.1) is 4.99 Å². The summed E-state index contributed by atoms with van der Waals surface area (Å²) in [5.41, 5.74) is 0.815. The molecule has 0 aliphatic carbocycles. The molecule has 0 fully saturated rings. The number of hydrogen-bond acceptors (Lipinski definition) is 7. The number of carbonyl (C=O) groups is 3. The third-order valence-electron chi connectivity index (χ3n) is 3.90. The third-order valence-corrected chi connectivity index (χ3v) is 4.88. The second-order valence-electron chi connectivity index (χ2n) is 6.06. The van der Waals surface area contributed by atoms with Gasteiger partial charge in [0.15, 0.2) is 0 Å². The Morgan fingerprint density at radius 3 is 2.34 bits per heavy atom. The summed E-state index contributed by atoms with van der Waals surface area (Å²) in [5.74, 6) is 0.276. The van der Waals surface area contributed by atoms with E-state index < -0.39 is 12.2 Å². The minimum Gasteiger partial charge on any atom is -0.497 e. The predicted octanol–water partition coefficient (Wildman–Crippen LogP) is 4.09. The zero-order valence-corrected chi connectivity index (χ0v) is 18.9. The lowest BCUT2D eigenvalue weighted by atomic mass is 10.2. The Kier molecular flexibility index (Phi) is 9.36. The average molecular weight is 461 g/mol. The maximum atomic E-state index is 12.1. The first-order valence-corrected chi connectivity index (χ1v) is 10.2. The van der Waals surface area contributed by atoms with E-state index in [1.165, 1.54) is 18.9 Å². The number of nitrogens with zero attached hydrogens (tertiary/aromatic N) is 1. The van der Waals surface area contributed by atoms with Gasteiger partial charge in [0.25, 0.3) is 0 Å². The molecule has 3 amide bonds. The Balaban J connectivity index is 2.37. The third kappa shape index (κ3) is 7.51. The van der Waals surface area contributed by atoms with Crippen molar-refractivity contribution in [2.24, 2.45) is 4.99 Å². The van der Waals surface area contributed by atoms with E-state index in [0.717, 1.165) is 22.7 Å². The first-order valence-electron chi connectivity index (χ1n) is 9.43. The molecule has 0 unspecified atom stereocenters. The second kappa shape index (κ2) is 12.2. The molecule has 10 nitrogen and oxygen atoms in total. The number of ether oxygens (including phenoxy) is 3. The molecule has 2 rings (SSSR count). The molecule has 0 heterocycles. The van der Waals surface area contributed by atoms with Crippen molar-refractivity contribution in [3.63, 3.8) is 0 Å². The highest BCUT2D eigenvalue weighted by Gasteiger charge is 2.14. The summed E-state index contributed by atoms with van der Waals surface area (Å²) in [4.78, 5) is 40.7. The van der Waals surface area contributed by atoms with E-state index in [9.17, 15) is 14.4 Å². The molecular formula is C21H24N4O6S. The SMILES string of the molecule is CCC(=O)Nc1cc(Sc2cccc(OC)c2)ccc1NC(=NC(=O)OC)NC(=O)OC. The van der Waals surface area contributed by atoms with E-state index in [1.54, 1.807) is 26.2 Å². The van der Waals surface area contributed by atoms with E-state index in [1.807, 2.05) is 30.3 Å². The fourth-order valence-corrected chi connectivity index (χ4v) is 3.24. The van der Waals surface area contributed by atoms with E-state index in [-0.39, 0.29) is 18.3 Å². The number of hydrogen-bond donors (Lipinski definition) is 3. The van der Waals surface area contributed by atoms with Crippen LogP contribution in [0, 0.1) is 0 Å². The minimum atomic E-state index is -0.937. The monoisotopic (exact) mass is 460 g/mol. The quantitative estimate of drug-likeness (QED) is 0.435. The average Bonchev–Trinajstić information content (AvgIpc) is 2.80. The number of nitrogens with one attached hydrogen (secondary N) is 3. The molecular weight excluding hydrogens is 436 g/mol. The summed E-state index contributed by atoms with van der Waals surface area (Å²) in [7, 11) is 3.92. The highest BCUT2D eigenvalue weighted by atomic mass is 32.2. The summed E-state index contributed by atoms with van der Waals surface area (Å²) >= 11 is 1.47. The summed E-state index contributed by atoms with van der Waals surface area (Å²) < 4.78 is 14.3. The van der Waals surface area contributed by atoms with Crippen molar-refractivity contribution in [1.82, 2.24) is 5.32 Å². The van der Waals surface area contributed by atoms with Crippen molar-refractivity contribution < 1.29 is 28.6 Å². The van der Waals surface area contributed by atoms with Crippen LogP contribution < -0.4 is 20.7 Å². The number of aliphatic imine (C=N–C) groups is 1. The van der Waals surface area contributed by atoms with Crippen LogP contribution in [-0.2, 0) is 14.3 Å². The minimum absolute atomic E-state index is 0.219. The van der Waals surface area contributed by atoms with Crippen molar-refractivity contribution in [1.29, 1.82) is 0 Å². The van der Waals surface area contributed by atoms with Gasteiger partial charge >= 0.3 is 12.2 Å². The van der Waals surface area contributed by atoms with Crippen LogP contribution in [-0.4, -0.2) is 45.4 Å². The Bertz CT molecular complexity index is 1010. The molecule has 0 atom stereocenters. The predicted molar refractivity (Wildman–Crippen MR) is 121 cm³/mol. The highest BCUT2D eigenvalue weighted by molar-refractivity contribution is 7.99. The van der Waals surface area contributed by atoms with Crippen LogP contribution in [0.1, 0.15) is 13.3 Å². The second-order valence-corrected chi connectivity index (χ2v) is 7.21. The van der Waals surface area contributed by atoms with Crippen molar-refractivity contribution in [3.8, 4) is 5.75 Å². The Morgan fingerprint density at radius 2 is 1.69 bits per heavy atom. The van der Waals surface area contributed by atoms with Gasteiger partial charge in [0.05, 0.1) is 32.7 Å². The molecule has 0 saturated carbocycles. The first-order chi connectivity index (χ1) is 15.4. The molecule has 2 aromatic carbocycles. The van der Waals surface area contributed by atoms with E-state index in [4.69, 9.17) is 4.74 Å². The van der Waals surface area contributed by atoms with Crippen LogP contribution in [0.4, 0.5) is 21.0 Å². The molecule has 0 saturated heterocycles. The lowest BCUT2D eigenvalue weighted by molar-refractivity contribution is -0.115. The van der Waals surface area contributed by atoms with E-state index >= 15 is 0 Å². The molecule has 0 bridgehead atoms. The van der Waals surface area contributed by atoms with Crippen LogP contribution in [0.3, 0.4) is 0 Å². The number of guanidine groups is 1. The number of amides is 3. The zero-order valence-electron chi connectivity index (χ0n) is 18.1. The van der Waals surface area contributed by atoms with Crippen LogP contribution in [0.2, 0.25) is 0 Å². The normalized spacial score (nSPS) is 10.7. The maximum absolute atomic E-state index is 12.1. The van der Waals surface area contributed by atoms with Crippen molar-refractivity contribution in [2.45, 2.75) is 23.1 Å². The first kappa shape index (κ1) is 24.5. The van der Waals surface area contributed by atoms with E-state index in [2.05, 4.69) is 30.4 Å². The molecule has 0 aliphatic rings. The number of alkyl carbamates (subject to hydrolysis) is 1. The maximum Gasteiger partial charge on any atom is 0.436 e. The van der Waals surface area contributed by atoms with Crippen molar-refractivity contribution in [3.05, 3.63) is 42.5 Å². The highest BCUT2D eigenvalue weighted by Crippen LogP contribution is 2.34. The smallest absolute Gasteiger partial charge is 0.436 e. The summed E-state index contributed by atoms with van der Waals surface area (Å²) in [6, 6.07) is 12.8. The van der Waals surface area contributed by atoms with Gasteiger partial charge in [0, 0.05) is 16.2 Å².